The van der Waals surface area contributed by atoms with Crippen molar-refractivity contribution in [3.8, 4) is 0 Å². The first-order valence-electron chi connectivity index (χ1n) is 11.2. The van der Waals surface area contributed by atoms with E-state index in [0.717, 1.165) is 65.0 Å². The lowest BCUT2D eigenvalue weighted by Crippen LogP contribution is -2.40. The predicted molar refractivity (Wildman–Crippen MR) is 138 cm³/mol. The maximum absolute atomic E-state index is 11.7. The number of amides is 1. The second-order valence-corrected chi connectivity index (χ2v) is 7.99. The third-order valence-corrected chi connectivity index (χ3v) is 5.16. The number of hydrogen-bond donors (Lipinski definition) is 2. The van der Waals surface area contributed by atoms with Crippen LogP contribution < -0.4 is 10.6 Å². The van der Waals surface area contributed by atoms with E-state index in [2.05, 4.69) is 57.8 Å². The summed E-state index contributed by atoms with van der Waals surface area (Å²) < 4.78 is 6.09. The van der Waals surface area contributed by atoms with Crippen LogP contribution in [0.1, 0.15) is 38.2 Å². The van der Waals surface area contributed by atoms with Gasteiger partial charge in [0.05, 0.1) is 6.10 Å². The first-order chi connectivity index (χ1) is 14.6. The normalized spacial score (nSPS) is 15.3. The molecule has 7 nitrogen and oxygen atoms in total. The van der Waals surface area contributed by atoms with Crippen molar-refractivity contribution in [1.29, 1.82) is 0 Å². The van der Waals surface area contributed by atoms with Crippen LogP contribution in [0.5, 0.6) is 0 Å². The average Bonchev–Trinajstić information content (AvgIpc) is 2.76. The van der Waals surface area contributed by atoms with E-state index in [1.807, 2.05) is 0 Å². The van der Waals surface area contributed by atoms with Crippen molar-refractivity contribution in [3.63, 3.8) is 0 Å². The van der Waals surface area contributed by atoms with Crippen molar-refractivity contribution < 1.29 is 9.53 Å². The molecule has 0 atom stereocenters. The zero-order chi connectivity index (χ0) is 21.6. The largest absolute Gasteiger partial charge is 0.378 e. The summed E-state index contributed by atoms with van der Waals surface area (Å²) in [6.45, 7) is 7.83. The molecular formula is C23H40IN5O2. The topological polar surface area (TPSA) is 69.2 Å². The lowest BCUT2D eigenvalue weighted by molar-refractivity contribution is -0.127. The van der Waals surface area contributed by atoms with Gasteiger partial charge in [0.1, 0.15) is 6.54 Å². The minimum Gasteiger partial charge on any atom is -0.378 e. The van der Waals surface area contributed by atoms with Gasteiger partial charge in [-0.25, -0.2) is 4.99 Å². The van der Waals surface area contributed by atoms with Crippen molar-refractivity contribution in [2.45, 2.75) is 45.3 Å². The number of nitrogens with one attached hydrogen (secondary N) is 2. The average molecular weight is 546 g/mol. The molecular weight excluding hydrogens is 505 g/mol. The molecule has 0 unspecified atom stereocenters. The first kappa shape index (κ1) is 27.6. The third kappa shape index (κ3) is 11.7. The van der Waals surface area contributed by atoms with E-state index < -0.39 is 0 Å². The van der Waals surface area contributed by atoms with Gasteiger partial charge in [0.25, 0.3) is 0 Å². The van der Waals surface area contributed by atoms with Gasteiger partial charge in [-0.3, -0.25) is 9.69 Å². The molecule has 0 saturated carbocycles. The van der Waals surface area contributed by atoms with Crippen molar-refractivity contribution >= 4 is 35.8 Å². The number of nitrogens with zero attached hydrogens (tertiary/aromatic N) is 3. The number of halogens is 1. The van der Waals surface area contributed by atoms with E-state index in [9.17, 15) is 4.79 Å². The van der Waals surface area contributed by atoms with Crippen LogP contribution in [0.3, 0.4) is 0 Å². The smallest absolute Gasteiger partial charge is 0.243 e. The molecule has 1 aliphatic rings. The zero-order valence-electron chi connectivity index (χ0n) is 19.3. The van der Waals surface area contributed by atoms with Gasteiger partial charge >= 0.3 is 0 Å². The molecule has 1 amide bonds. The Labute approximate surface area is 205 Å². The van der Waals surface area contributed by atoms with Gasteiger partial charge < -0.3 is 20.3 Å². The highest BCUT2D eigenvalue weighted by molar-refractivity contribution is 14.0. The minimum atomic E-state index is -0.00506. The van der Waals surface area contributed by atoms with Gasteiger partial charge in [-0.2, -0.15) is 0 Å². The van der Waals surface area contributed by atoms with Crippen LogP contribution in [-0.2, 0) is 16.1 Å². The maximum atomic E-state index is 11.7. The van der Waals surface area contributed by atoms with Crippen molar-refractivity contribution in [1.82, 2.24) is 20.4 Å². The molecule has 0 radical (unpaired) electrons. The Morgan fingerprint density at radius 2 is 1.84 bits per heavy atom. The second-order valence-electron chi connectivity index (χ2n) is 7.99. The molecule has 0 spiro atoms. The fraction of sp³-hybridized carbons (Fsp3) is 0.652. The third-order valence-electron chi connectivity index (χ3n) is 5.16. The Kier molecular flexibility index (Phi) is 14.5. The van der Waals surface area contributed by atoms with E-state index in [-0.39, 0.29) is 36.4 Å². The van der Waals surface area contributed by atoms with Gasteiger partial charge in [-0.15, -0.1) is 24.0 Å². The van der Waals surface area contributed by atoms with Crippen LogP contribution in [0.25, 0.3) is 0 Å². The number of carbonyl (C=O) groups excluding carboxylic acids is 1. The van der Waals surface area contributed by atoms with Gasteiger partial charge in [0, 0.05) is 53.4 Å². The van der Waals surface area contributed by atoms with E-state index >= 15 is 0 Å². The molecule has 31 heavy (non-hydrogen) atoms. The van der Waals surface area contributed by atoms with Crippen LogP contribution >= 0.6 is 24.0 Å². The summed E-state index contributed by atoms with van der Waals surface area (Å²) in [5.41, 5.74) is 1.38. The van der Waals surface area contributed by atoms with E-state index in [0.29, 0.717) is 12.1 Å². The summed E-state index contributed by atoms with van der Waals surface area (Å²) in [4.78, 5) is 20.2. The van der Waals surface area contributed by atoms with Gasteiger partial charge in [-0.1, -0.05) is 37.3 Å². The summed E-state index contributed by atoms with van der Waals surface area (Å²) in [5.74, 6) is 0.691. The molecule has 0 bridgehead atoms. The summed E-state index contributed by atoms with van der Waals surface area (Å²) >= 11 is 0. The molecule has 1 fully saturated rings. The molecule has 0 aromatic heterocycles. The van der Waals surface area contributed by atoms with Gasteiger partial charge in [0.15, 0.2) is 5.96 Å². The summed E-state index contributed by atoms with van der Waals surface area (Å²) in [6, 6.07) is 10.7. The number of piperidine rings is 1. The van der Waals surface area contributed by atoms with Crippen LogP contribution in [0, 0.1) is 0 Å². The van der Waals surface area contributed by atoms with Crippen LogP contribution in [0.2, 0.25) is 0 Å². The Bertz CT molecular complexity index is 634. The lowest BCUT2D eigenvalue weighted by Gasteiger charge is -2.32. The first-order valence-corrected chi connectivity index (χ1v) is 11.2. The van der Waals surface area contributed by atoms with E-state index in [1.54, 1.807) is 19.0 Å². The molecule has 1 saturated heterocycles. The molecule has 2 rings (SSSR count). The van der Waals surface area contributed by atoms with E-state index in [1.165, 1.54) is 5.56 Å². The van der Waals surface area contributed by atoms with Crippen molar-refractivity contribution in [3.05, 3.63) is 35.9 Å². The van der Waals surface area contributed by atoms with Crippen LogP contribution in [0.15, 0.2) is 35.3 Å². The summed E-state index contributed by atoms with van der Waals surface area (Å²) in [6.07, 6.45) is 4.48. The molecule has 1 aromatic rings. The number of guanidine groups is 1. The number of hydrogen-bond acceptors (Lipinski definition) is 4. The Hall–Kier alpha value is -1.39. The molecule has 1 aromatic carbocycles. The van der Waals surface area contributed by atoms with Gasteiger partial charge in [0.2, 0.25) is 5.91 Å². The Morgan fingerprint density at radius 1 is 1.16 bits per heavy atom. The van der Waals surface area contributed by atoms with Crippen LogP contribution in [-0.4, -0.2) is 81.2 Å². The van der Waals surface area contributed by atoms with Crippen LogP contribution in [0.4, 0.5) is 0 Å². The number of carbonyl (C=O) groups is 1. The molecule has 2 N–H and O–H groups in total. The van der Waals surface area contributed by atoms with E-state index in [4.69, 9.17) is 4.74 Å². The number of likely N-dealkylation sites (tertiary alicyclic amines) is 1. The van der Waals surface area contributed by atoms with Gasteiger partial charge in [-0.05, 0) is 31.2 Å². The quantitative estimate of drug-likeness (QED) is 0.194. The Balaban J connectivity index is 0.00000480. The number of ether oxygens (including phenoxy) is 1. The predicted octanol–water partition coefficient (Wildman–Crippen LogP) is 2.71. The fourth-order valence-corrected chi connectivity index (χ4v) is 3.31. The molecule has 1 aliphatic heterocycles. The minimum absolute atomic E-state index is 0. The Morgan fingerprint density at radius 3 is 2.48 bits per heavy atom. The maximum Gasteiger partial charge on any atom is 0.243 e. The number of benzene rings is 1. The molecule has 0 aliphatic carbocycles. The number of likely N-dealkylation sites (N-methyl/N-ethyl adjacent to an activating group) is 1. The highest BCUT2D eigenvalue weighted by Crippen LogP contribution is 2.16. The highest BCUT2D eigenvalue weighted by atomic mass is 127. The number of aliphatic imine (C=N–C) groups is 1. The zero-order valence-corrected chi connectivity index (χ0v) is 21.6. The SMILES string of the molecule is CCCNC(=NCC(=O)N(C)C)NCCCOC1CCN(Cc2ccccc2)CC1.I. The summed E-state index contributed by atoms with van der Waals surface area (Å²) in [7, 11) is 3.49. The van der Waals surface area contributed by atoms with Crippen molar-refractivity contribution in [2.24, 2.45) is 4.99 Å². The summed E-state index contributed by atoms with van der Waals surface area (Å²) in [5, 5.41) is 6.55. The van der Waals surface area contributed by atoms with Crippen molar-refractivity contribution in [2.75, 3.05) is 53.4 Å². The molecule has 8 heteroatoms. The monoisotopic (exact) mass is 545 g/mol. The second kappa shape index (κ2) is 16.3. The molecule has 176 valence electrons. The molecule has 1 heterocycles. The highest BCUT2D eigenvalue weighted by Gasteiger charge is 2.19. The lowest BCUT2D eigenvalue weighted by atomic mass is 10.1. The fourth-order valence-electron chi connectivity index (χ4n) is 3.31. The standard InChI is InChI=1S/C23H39N5O2.HI/c1-4-13-24-23(26-18-22(29)27(2)3)25-14-8-17-30-21-11-15-28(16-12-21)19-20-9-6-5-7-10-20;/h5-7,9-10,21H,4,8,11-19H2,1-3H3,(H2,24,25,26);1H. The number of rotatable bonds is 11.